The quantitative estimate of drug-likeness (QED) is 0.718. The van der Waals surface area contributed by atoms with E-state index in [9.17, 15) is 4.79 Å². The molecule has 1 aliphatic heterocycles. The molecule has 0 spiro atoms. The Morgan fingerprint density at radius 1 is 1.26 bits per heavy atom. The second-order valence-corrected chi connectivity index (χ2v) is 5.32. The van der Waals surface area contributed by atoms with Crippen molar-refractivity contribution in [2.45, 2.75) is 26.4 Å². The van der Waals surface area contributed by atoms with Gasteiger partial charge in [0.05, 0.1) is 12.7 Å². The fraction of sp³-hybridized carbons (Fsp3) is 0.400. The lowest BCUT2D eigenvalue weighted by molar-refractivity contribution is -0.150. The number of esters is 1. The summed E-state index contributed by atoms with van der Waals surface area (Å²) in [5.41, 5.74) is 0.794. The van der Waals surface area contributed by atoms with E-state index >= 15 is 0 Å². The first-order valence-corrected chi connectivity index (χ1v) is 6.14. The van der Waals surface area contributed by atoms with Crippen LogP contribution in [0.3, 0.4) is 0 Å². The van der Waals surface area contributed by atoms with Gasteiger partial charge in [0.15, 0.2) is 0 Å². The Bertz CT molecular complexity index is 513. The first kappa shape index (κ1) is 13.5. The van der Waals surface area contributed by atoms with Crippen molar-refractivity contribution in [1.29, 1.82) is 0 Å². The van der Waals surface area contributed by atoms with Crippen molar-refractivity contribution in [3.8, 4) is 0 Å². The second-order valence-electron chi connectivity index (χ2n) is 5.32. The summed E-state index contributed by atoms with van der Waals surface area (Å²) in [6.45, 7) is 5.78. The zero-order valence-electron chi connectivity index (χ0n) is 11.6. The van der Waals surface area contributed by atoms with Crippen LogP contribution in [0.15, 0.2) is 47.0 Å². The van der Waals surface area contributed by atoms with Crippen LogP contribution in [-0.4, -0.2) is 25.3 Å². The minimum absolute atomic E-state index is 0.247. The molecule has 4 heteroatoms. The van der Waals surface area contributed by atoms with E-state index in [1.54, 1.807) is 25.3 Å². The van der Waals surface area contributed by atoms with Crippen molar-refractivity contribution < 1.29 is 19.0 Å². The number of carbonyl (C=O) groups excluding carboxylic acids is 1. The average molecular weight is 262 g/mol. The number of methoxy groups -OCH3 is 1. The number of hydrogen-bond donors (Lipinski definition) is 0. The SMILES string of the molecule is COC1=CC=C2OCC(C(=O)OC(C)(C)C)=C2C=C1. The van der Waals surface area contributed by atoms with Gasteiger partial charge < -0.3 is 14.2 Å². The van der Waals surface area contributed by atoms with Gasteiger partial charge in [0.1, 0.15) is 23.7 Å². The Kier molecular flexibility index (Phi) is 3.51. The van der Waals surface area contributed by atoms with Gasteiger partial charge in [-0.3, -0.25) is 0 Å². The molecule has 1 heterocycles. The summed E-state index contributed by atoms with van der Waals surface area (Å²) in [5.74, 6) is 1.04. The van der Waals surface area contributed by atoms with Gasteiger partial charge in [-0.05, 0) is 45.1 Å². The number of ether oxygens (including phenoxy) is 3. The standard InChI is InChI=1S/C15H18O4/c1-15(2,3)19-14(16)12-9-18-13-8-6-10(17-4)5-7-11(12)13/h5-8H,9H2,1-4H3. The van der Waals surface area contributed by atoms with Crippen LogP contribution in [0.1, 0.15) is 20.8 Å². The van der Waals surface area contributed by atoms with E-state index in [1.807, 2.05) is 26.8 Å². The molecule has 0 saturated heterocycles. The second kappa shape index (κ2) is 4.96. The lowest BCUT2D eigenvalue weighted by Crippen LogP contribution is -2.25. The molecule has 0 atom stereocenters. The monoisotopic (exact) mass is 262 g/mol. The number of fused-ring (bicyclic) bond motifs is 1. The van der Waals surface area contributed by atoms with Crippen molar-refractivity contribution >= 4 is 5.97 Å². The molecule has 0 N–H and O–H groups in total. The molecule has 0 aromatic carbocycles. The van der Waals surface area contributed by atoms with Crippen LogP contribution in [-0.2, 0) is 19.0 Å². The van der Waals surface area contributed by atoms with Crippen LogP contribution in [0.5, 0.6) is 0 Å². The molecule has 0 aromatic heterocycles. The van der Waals surface area contributed by atoms with E-state index in [4.69, 9.17) is 14.2 Å². The zero-order chi connectivity index (χ0) is 14.0. The van der Waals surface area contributed by atoms with Gasteiger partial charge in [-0.1, -0.05) is 0 Å². The molecule has 1 aliphatic carbocycles. The van der Waals surface area contributed by atoms with Crippen molar-refractivity contribution in [2.75, 3.05) is 13.7 Å². The van der Waals surface area contributed by atoms with E-state index < -0.39 is 5.60 Å². The Morgan fingerprint density at radius 2 is 2.00 bits per heavy atom. The van der Waals surface area contributed by atoms with Crippen molar-refractivity contribution in [1.82, 2.24) is 0 Å². The number of rotatable bonds is 2. The number of carbonyl (C=O) groups is 1. The van der Waals surface area contributed by atoms with Gasteiger partial charge in [0, 0.05) is 5.57 Å². The van der Waals surface area contributed by atoms with Crippen molar-refractivity contribution in [2.24, 2.45) is 0 Å². The number of allylic oxidation sites excluding steroid dienone is 4. The third kappa shape index (κ3) is 3.08. The summed E-state index contributed by atoms with van der Waals surface area (Å²) in [6, 6.07) is 0. The van der Waals surface area contributed by atoms with Gasteiger partial charge in [-0.2, -0.15) is 0 Å². The van der Waals surface area contributed by atoms with Crippen LogP contribution in [0.25, 0.3) is 0 Å². The topological polar surface area (TPSA) is 44.8 Å². The summed E-state index contributed by atoms with van der Waals surface area (Å²) < 4.78 is 16.0. The predicted molar refractivity (Wildman–Crippen MR) is 71.1 cm³/mol. The highest BCUT2D eigenvalue weighted by molar-refractivity contribution is 5.92. The van der Waals surface area contributed by atoms with Gasteiger partial charge in [-0.15, -0.1) is 0 Å². The number of hydrogen-bond acceptors (Lipinski definition) is 4. The normalized spacial score (nSPS) is 18.1. The smallest absolute Gasteiger partial charge is 0.338 e. The highest BCUT2D eigenvalue weighted by Gasteiger charge is 2.29. The highest BCUT2D eigenvalue weighted by Crippen LogP contribution is 2.30. The van der Waals surface area contributed by atoms with E-state index in [2.05, 4.69) is 0 Å². The molecule has 0 bridgehead atoms. The van der Waals surface area contributed by atoms with E-state index in [0.717, 1.165) is 5.57 Å². The molecule has 4 nitrogen and oxygen atoms in total. The van der Waals surface area contributed by atoms with E-state index in [-0.39, 0.29) is 12.6 Å². The molecule has 0 aromatic rings. The Hall–Kier alpha value is -1.97. The summed E-state index contributed by atoms with van der Waals surface area (Å²) in [4.78, 5) is 12.1. The van der Waals surface area contributed by atoms with Crippen molar-refractivity contribution in [3.05, 3.63) is 47.0 Å². The fourth-order valence-electron chi connectivity index (χ4n) is 1.80. The molecule has 102 valence electrons. The molecule has 19 heavy (non-hydrogen) atoms. The van der Waals surface area contributed by atoms with Crippen LogP contribution < -0.4 is 0 Å². The van der Waals surface area contributed by atoms with Crippen LogP contribution in [0, 0.1) is 0 Å². The highest BCUT2D eigenvalue weighted by atomic mass is 16.6. The van der Waals surface area contributed by atoms with Crippen LogP contribution in [0.4, 0.5) is 0 Å². The molecule has 0 unspecified atom stereocenters. The predicted octanol–water partition coefficient (Wildman–Crippen LogP) is 2.64. The maximum absolute atomic E-state index is 12.1. The van der Waals surface area contributed by atoms with Gasteiger partial charge in [0.2, 0.25) is 0 Å². The summed E-state index contributed by atoms with van der Waals surface area (Å²) in [5, 5.41) is 0. The maximum atomic E-state index is 12.1. The Labute approximate surface area is 113 Å². The molecular formula is C15H18O4. The largest absolute Gasteiger partial charge is 0.497 e. The van der Waals surface area contributed by atoms with E-state index in [1.165, 1.54) is 0 Å². The molecule has 0 amide bonds. The molecule has 2 rings (SSSR count). The molecule has 0 saturated carbocycles. The molecule has 0 radical (unpaired) electrons. The third-order valence-electron chi connectivity index (χ3n) is 2.66. The lowest BCUT2D eigenvalue weighted by atomic mass is 10.1. The summed E-state index contributed by atoms with van der Waals surface area (Å²) in [7, 11) is 1.60. The van der Waals surface area contributed by atoms with E-state index in [0.29, 0.717) is 17.1 Å². The Balaban J connectivity index is 2.28. The van der Waals surface area contributed by atoms with Crippen LogP contribution in [0.2, 0.25) is 0 Å². The molecule has 0 fully saturated rings. The molecular weight excluding hydrogens is 244 g/mol. The lowest BCUT2D eigenvalue weighted by Gasteiger charge is -2.19. The first-order valence-electron chi connectivity index (χ1n) is 6.14. The Morgan fingerprint density at radius 3 is 2.63 bits per heavy atom. The minimum atomic E-state index is -0.512. The molecule has 2 aliphatic rings. The van der Waals surface area contributed by atoms with Crippen molar-refractivity contribution in [3.63, 3.8) is 0 Å². The zero-order valence-corrected chi connectivity index (χ0v) is 11.6. The average Bonchev–Trinajstić information content (AvgIpc) is 2.60. The minimum Gasteiger partial charge on any atom is -0.497 e. The summed E-state index contributed by atoms with van der Waals surface area (Å²) >= 11 is 0. The first-order chi connectivity index (χ1) is 8.90. The fourth-order valence-corrected chi connectivity index (χ4v) is 1.80. The van der Waals surface area contributed by atoms with Gasteiger partial charge in [0.25, 0.3) is 0 Å². The van der Waals surface area contributed by atoms with Crippen LogP contribution >= 0.6 is 0 Å². The maximum Gasteiger partial charge on any atom is 0.338 e. The third-order valence-corrected chi connectivity index (χ3v) is 2.66. The van der Waals surface area contributed by atoms with Gasteiger partial charge >= 0.3 is 5.97 Å². The van der Waals surface area contributed by atoms with Gasteiger partial charge in [-0.25, -0.2) is 4.79 Å². The summed E-state index contributed by atoms with van der Waals surface area (Å²) in [6.07, 6.45) is 7.22.